The van der Waals surface area contributed by atoms with Gasteiger partial charge in [0, 0.05) is 10.5 Å². The van der Waals surface area contributed by atoms with Gasteiger partial charge >= 0.3 is 5.97 Å². The molecule has 1 aromatic carbocycles. The van der Waals surface area contributed by atoms with E-state index in [0.717, 1.165) is 0 Å². The maximum atomic E-state index is 10.9. The van der Waals surface area contributed by atoms with Gasteiger partial charge in [-0.1, -0.05) is 5.16 Å². The van der Waals surface area contributed by atoms with E-state index < -0.39 is 5.97 Å². The Morgan fingerprint density at radius 3 is 2.80 bits per heavy atom. The summed E-state index contributed by atoms with van der Waals surface area (Å²) in [4.78, 5) is 10.9. The standard InChI is InChI=1S/C13H12BrNO5/c1-3-19-12-9(18-2)5-4-7(14)11(12)8-6-10(13(16)17)20-15-8/h4-6H,3H2,1-2H3,(H,16,17). The quantitative estimate of drug-likeness (QED) is 0.899. The summed E-state index contributed by atoms with van der Waals surface area (Å²) in [6, 6.07) is 4.85. The van der Waals surface area contributed by atoms with Crippen molar-refractivity contribution in [2.45, 2.75) is 6.92 Å². The fraction of sp³-hybridized carbons (Fsp3) is 0.231. The summed E-state index contributed by atoms with van der Waals surface area (Å²) >= 11 is 3.40. The molecule has 0 unspecified atom stereocenters. The topological polar surface area (TPSA) is 81.8 Å². The minimum absolute atomic E-state index is 0.239. The van der Waals surface area contributed by atoms with Crippen LogP contribution in [0.1, 0.15) is 17.5 Å². The van der Waals surface area contributed by atoms with Crippen molar-refractivity contribution in [1.82, 2.24) is 5.16 Å². The largest absolute Gasteiger partial charge is 0.493 e. The van der Waals surface area contributed by atoms with E-state index in [1.807, 2.05) is 6.92 Å². The fourth-order valence-corrected chi connectivity index (χ4v) is 2.24. The number of aromatic carboxylic acids is 1. The lowest BCUT2D eigenvalue weighted by Crippen LogP contribution is -1.98. The van der Waals surface area contributed by atoms with E-state index >= 15 is 0 Å². The zero-order chi connectivity index (χ0) is 14.7. The zero-order valence-corrected chi connectivity index (χ0v) is 12.4. The van der Waals surface area contributed by atoms with Crippen LogP contribution in [0.15, 0.2) is 27.2 Å². The van der Waals surface area contributed by atoms with Crippen LogP contribution in [0.5, 0.6) is 11.5 Å². The predicted octanol–water partition coefficient (Wildman–Crippen LogP) is 3.21. The molecular weight excluding hydrogens is 330 g/mol. The molecule has 0 saturated heterocycles. The van der Waals surface area contributed by atoms with E-state index in [1.165, 1.54) is 13.2 Å². The van der Waals surface area contributed by atoms with E-state index in [2.05, 4.69) is 21.1 Å². The van der Waals surface area contributed by atoms with Crippen LogP contribution < -0.4 is 9.47 Å². The average Bonchev–Trinajstić information content (AvgIpc) is 2.89. The number of nitrogens with zero attached hydrogens (tertiary/aromatic N) is 1. The molecule has 6 nitrogen and oxygen atoms in total. The highest BCUT2D eigenvalue weighted by Gasteiger charge is 2.21. The van der Waals surface area contributed by atoms with Crippen LogP contribution >= 0.6 is 15.9 Å². The lowest BCUT2D eigenvalue weighted by molar-refractivity contribution is 0.0652. The third-order valence-electron chi connectivity index (χ3n) is 2.56. The molecule has 0 atom stereocenters. The number of halogens is 1. The van der Waals surface area contributed by atoms with Gasteiger partial charge in [-0.25, -0.2) is 4.79 Å². The van der Waals surface area contributed by atoms with Crippen LogP contribution in [0, 0.1) is 0 Å². The second kappa shape index (κ2) is 5.96. The summed E-state index contributed by atoms with van der Waals surface area (Å²) in [6.07, 6.45) is 0. The number of carbonyl (C=O) groups is 1. The Morgan fingerprint density at radius 1 is 1.50 bits per heavy atom. The summed E-state index contributed by atoms with van der Waals surface area (Å²) in [6.45, 7) is 2.28. The molecular formula is C13H12BrNO5. The van der Waals surface area contributed by atoms with Crippen molar-refractivity contribution >= 4 is 21.9 Å². The molecule has 0 aliphatic heterocycles. The Bertz CT molecular complexity index is 638. The first kappa shape index (κ1) is 14.4. The number of carboxylic acid groups (broad SMARTS) is 1. The summed E-state index contributed by atoms with van der Waals surface area (Å²) in [5, 5.41) is 12.7. The molecule has 7 heteroatoms. The van der Waals surface area contributed by atoms with Crippen molar-refractivity contribution in [3.05, 3.63) is 28.4 Å². The molecule has 0 radical (unpaired) electrons. The molecule has 20 heavy (non-hydrogen) atoms. The zero-order valence-electron chi connectivity index (χ0n) is 10.8. The number of rotatable bonds is 5. The second-order valence-electron chi connectivity index (χ2n) is 3.77. The summed E-state index contributed by atoms with van der Waals surface area (Å²) in [7, 11) is 1.53. The van der Waals surface area contributed by atoms with Crippen LogP contribution in [0.2, 0.25) is 0 Å². The SMILES string of the molecule is CCOc1c(OC)ccc(Br)c1-c1cc(C(=O)O)on1. The van der Waals surface area contributed by atoms with Crippen molar-refractivity contribution in [2.24, 2.45) is 0 Å². The van der Waals surface area contributed by atoms with Crippen LogP contribution in [-0.4, -0.2) is 29.9 Å². The minimum atomic E-state index is -1.18. The molecule has 2 aromatic rings. The number of hydrogen-bond acceptors (Lipinski definition) is 5. The lowest BCUT2D eigenvalue weighted by Gasteiger charge is -2.14. The predicted molar refractivity (Wildman–Crippen MR) is 74.3 cm³/mol. The van der Waals surface area contributed by atoms with Gasteiger partial charge in [-0.2, -0.15) is 0 Å². The summed E-state index contributed by atoms with van der Waals surface area (Å²) in [5.74, 6) is -0.405. The van der Waals surface area contributed by atoms with Gasteiger partial charge in [-0.15, -0.1) is 0 Å². The molecule has 1 N–H and O–H groups in total. The lowest BCUT2D eigenvalue weighted by atomic mass is 10.1. The average molecular weight is 342 g/mol. The van der Waals surface area contributed by atoms with Crippen LogP contribution in [0.4, 0.5) is 0 Å². The Kier molecular flexibility index (Phi) is 4.29. The number of methoxy groups -OCH3 is 1. The summed E-state index contributed by atoms with van der Waals surface area (Å²) in [5.41, 5.74) is 0.944. The molecule has 0 aliphatic carbocycles. The van der Waals surface area contributed by atoms with Gasteiger partial charge < -0.3 is 19.1 Å². The summed E-state index contributed by atoms with van der Waals surface area (Å²) < 4.78 is 16.3. The Labute approximate surface area is 123 Å². The highest BCUT2D eigenvalue weighted by atomic mass is 79.9. The third-order valence-corrected chi connectivity index (χ3v) is 3.22. The van der Waals surface area contributed by atoms with Crippen LogP contribution in [0.3, 0.4) is 0 Å². The van der Waals surface area contributed by atoms with Gasteiger partial charge in [0.05, 0.1) is 19.3 Å². The number of carboxylic acids is 1. The van der Waals surface area contributed by atoms with Gasteiger partial charge in [-0.3, -0.25) is 0 Å². The molecule has 0 spiro atoms. The molecule has 0 fully saturated rings. The van der Waals surface area contributed by atoms with Crippen LogP contribution in [0.25, 0.3) is 11.3 Å². The highest BCUT2D eigenvalue weighted by molar-refractivity contribution is 9.10. The van der Waals surface area contributed by atoms with Crippen molar-refractivity contribution < 1.29 is 23.9 Å². The van der Waals surface area contributed by atoms with E-state index in [9.17, 15) is 4.79 Å². The number of hydrogen-bond donors (Lipinski definition) is 1. The fourth-order valence-electron chi connectivity index (χ4n) is 1.72. The molecule has 1 heterocycles. The van der Waals surface area contributed by atoms with E-state index in [-0.39, 0.29) is 5.76 Å². The number of ether oxygens (including phenoxy) is 2. The van der Waals surface area contributed by atoms with Crippen molar-refractivity contribution in [3.8, 4) is 22.8 Å². The molecule has 2 rings (SSSR count). The number of benzene rings is 1. The first-order valence-corrected chi connectivity index (χ1v) is 6.57. The van der Waals surface area contributed by atoms with Gasteiger partial charge in [0.15, 0.2) is 11.5 Å². The maximum Gasteiger partial charge on any atom is 0.374 e. The van der Waals surface area contributed by atoms with Gasteiger partial charge in [0.1, 0.15) is 5.69 Å². The van der Waals surface area contributed by atoms with E-state index in [1.54, 1.807) is 12.1 Å². The van der Waals surface area contributed by atoms with Crippen LogP contribution in [-0.2, 0) is 0 Å². The molecule has 0 aliphatic rings. The molecule has 0 amide bonds. The van der Waals surface area contributed by atoms with E-state index in [0.29, 0.717) is 33.8 Å². The third kappa shape index (κ3) is 2.62. The smallest absolute Gasteiger partial charge is 0.374 e. The first-order chi connectivity index (χ1) is 9.58. The van der Waals surface area contributed by atoms with Gasteiger partial charge in [0.25, 0.3) is 0 Å². The molecule has 106 valence electrons. The monoisotopic (exact) mass is 341 g/mol. The second-order valence-corrected chi connectivity index (χ2v) is 4.62. The highest BCUT2D eigenvalue weighted by Crippen LogP contribution is 2.42. The minimum Gasteiger partial charge on any atom is -0.493 e. The molecule has 1 aromatic heterocycles. The normalized spacial score (nSPS) is 10.3. The van der Waals surface area contributed by atoms with Crippen molar-refractivity contribution in [2.75, 3.05) is 13.7 Å². The maximum absolute atomic E-state index is 10.9. The Balaban J connectivity index is 2.60. The van der Waals surface area contributed by atoms with Gasteiger partial charge in [-0.05, 0) is 35.0 Å². The first-order valence-electron chi connectivity index (χ1n) is 5.78. The van der Waals surface area contributed by atoms with E-state index in [4.69, 9.17) is 19.1 Å². The molecule has 0 bridgehead atoms. The molecule has 0 saturated carbocycles. The van der Waals surface area contributed by atoms with Crippen molar-refractivity contribution in [3.63, 3.8) is 0 Å². The Morgan fingerprint density at radius 2 is 2.25 bits per heavy atom. The van der Waals surface area contributed by atoms with Crippen molar-refractivity contribution in [1.29, 1.82) is 0 Å². The van der Waals surface area contributed by atoms with Gasteiger partial charge in [0.2, 0.25) is 5.76 Å². The number of aromatic nitrogens is 1. The Hall–Kier alpha value is -2.02.